The topological polar surface area (TPSA) is 62.5 Å². The highest BCUT2D eigenvalue weighted by Crippen LogP contribution is 2.18. The van der Waals surface area contributed by atoms with Crippen LogP contribution in [0, 0.1) is 0 Å². The number of amides is 1. The number of piperazine rings is 1. The number of pyridine rings is 1. The van der Waals surface area contributed by atoms with E-state index in [1.807, 2.05) is 18.0 Å². The van der Waals surface area contributed by atoms with Gasteiger partial charge in [-0.2, -0.15) is 0 Å². The molecule has 1 aromatic rings. The van der Waals surface area contributed by atoms with E-state index < -0.39 is 0 Å². The van der Waals surface area contributed by atoms with Crippen LogP contribution in [0.4, 0.5) is 0 Å². The second-order valence-corrected chi connectivity index (χ2v) is 5.34. The van der Waals surface area contributed by atoms with Crippen molar-refractivity contribution in [1.29, 1.82) is 0 Å². The summed E-state index contributed by atoms with van der Waals surface area (Å²) in [6, 6.07) is 3.68. The molecule has 0 aliphatic carbocycles. The van der Waals surface area contributed by atoms with Crippen LogP contribution >= 0.6 is 15.9 Å². The van der Waals surface area contributed by atoms with Gasteiger partial charge in [0.2, 0.25) is 0 Å². The van der Waals surface area contributed by atoms with Gasteiger partial charge >= 0.3 is 0 Å². The summed E-state index contributed by atoms with van der Waals surface area (Å²) in [5.41, 5.74) is 6.22. The van der Waals surface area contributed by atoms with Crippen LogP contribution in [0.25, 0.3) is 0 Å². The van der Waals surface area contributed by atoms with Gasteiger partial charge in [0.15, 0.2) is 0 Å². The molecule has 98 valence electrons. The first-order valence-electron chi connectivity index (χ1n) is 5.93. The molecule has 0 aromatic carbocycles. The summed E-state index contributed by atoms with van der Waals surface area (Å²) < 4.78 is 0.727. The molecule has 1 unspecified atom stereocenters. The zero-order valence-electron chi connectivity index (χ0n) is 10.3. The Morgan fingerprint density at radius 2 is 2.39 bits per heavy atom. The van der Waals surface area contributed by atoms with Gasteiger partial charge in [0.05, 0.1) is 6.04 Å². The van der Waals surface area contributed by atoms with Crippen molar-refractivity contribution < 1.29 is 4.79 Å². The van der Waals surface area contributed by atoms with Gasteiger partial charge in [0.1, 0.15) is 5.69 Å². The number of carbonyl (C=O) groups is 1. The molecule has 0 spiro atoms. The molecule has 1 aromatic heterocycles. The highest BCUT2D eigenvalue weighted by atomic mass is 79.9. The van der Waals surface area contributed by atoms with Crippen molar-refractivity contribution in [2.24, 2.45) is 5.73 Å². The summed E-state index contributed by atoms with van der Waals surface area (Å²) in [5, 5.41) is 0. The predicted molar refractivity (Wildman–Crippen MR) is 73.3 cm³/mol. The molecule has 1 aliphatic heterocycles. The number of rotatable bonds is 2. The number of aromatic nitrogens is 1. The van der Waals surface area contributed by atoms with Gasteiger partial charge in [-0.25, -0.2) is 4.98 Å². The van der Waals surface area contributed by atoms with Gasteiger partial charge in [0, 0.05) is 36.8 Å². The summed E-state index contributed by atoms with van der Waals surface area (Å²) in [4.78, 5) is 20.6. The zero-order chi connectivity index (χ0) is 13.1. The molecule has 5 nitrogen and oxygen atoms in total. The highest BCUT2D eigenvalue weighted by molar-refractivity contribution is 9.10. The summed E-state index contributed by atoms with van der Waals surface area (Å²) in [5.74, 6) is -0.0500. The lowest BCUT2D eigenvalue weighted by Crippen LogP contribution is -2.56. The average molecular weight is 313 g/mol. The molecule has 0 radical (unpaired) electrons. The quantitative estimate of drug-likeness (QED) is 0.867. The first kappa shape index (κ1) is 13.5. The van der Waals surface area contributed by atoms with Crippen LogP contribution in [0.2, 0.25) is 0 Å². The maximum atomic E-state index is 12.5. The first-order chi connectivity index (χ1) is 8.63. The van der Waals surface area contributed by atoms with Crippen molar-refractivity contribution in [2.45, 2.75) is 6.04 Å². The van der Waals surface area contributed by atoms with E-state index in [1.54, 1.807) is 12.3 Å². The fourth-order valence-electron chi connectivity index (χ4n) is 2.16. The molecule has 1 aliphatic rings. The Labute approximate surface area is 115 Å². The second kappa shape index (κ2) is 5.77. The van der Waals surface area contributed by atoms with Gasteiger partial charge < -0.3 is 15.5 Å². The maximum Gasteiger partial charge on any atom is 0.274 e. The molecule has 2 heterocycles. The molecule has 1 atom stereocenters. The SMILES string of the molecule is CN1CCN(C(=O)c2ncccc2Br)C(CN)C1. The Balaban J connectivity index is 2.20. The summed E-state index contributed by atoms with van der Waals surface area (Å²) >= 11 is 3.37. The lowest BCUT2D eigenvalue weighted by molar-refractivity contribution is 0.0509. The minimum absolute atomic E-state index is 0.0500. The number of carbonyl (C=O) groups excluding carboxylic acids is 1. The lowest BCUT2D eigenvalue weighted by Gasteiger charge is -2.39. The third-order valence-electron chi connectivity index (χ3n) is 3.18. The van der Waals surface area contributed by atoms with E-state index in [9.17, 15) is 4.79 Å². The van der Waals surface area contributed by atoms with E-state index in [4.69, 9.17) is 5.73 Å². The zero-order valence-corrected chi connectivity index (χ0v) is 11.9. The highest BCUT2D eigenvalue weighted by Gasteiger charge is 2.30. The monoisotopic (exact) mass is 312 g/mol. The number of halogens is 1. The normalized spacial score (nSPS) is 21.1. The van der Waals surface area contributed by atoms with Crippen molar-refractivity contribution in [1.82, 2.24) is 14.8 Å². The number of nitrogens with zero attached hydrogens (tertiary/aromatic N) is 3. The molecule has 1 amide bonds. The molecular formula is C12H17BrN4O. The van der Waals surface area contributed by atoms with Crippen LogP contribution in [0.1, 0.15) is 10.5 Å². The third-order valence-corrected chi connectivity index (χ3v) is 3.82. The van der Waals surface area contributed by atoms with Crippen molar-refractivity contribution in [3.8, 4) is 0 Å². The van der Waals surface area contributed by atoms with Crippen molar-refractivity contribution >= 4 is 21.8 Å². The molecule has 1 fully saturated rings. The predicted octanol–water partition coefficient (Wildman–Crippen LogP) is 0.559. The summed E-state index contributed by atoms with van der Waals surface area (Å²) in [7, 11) is 2.04. The molecule has 6 heteroatoms. The van der Waals surface area contributed by atoms with Crippen molar-refractivity contribution in [2.75, 3.05) is 33.2 Å². The van der Waals surface area contributed by atoms with Crippen LogP contribution in [0.5, 0.6) is 0 Å². The van der Waals surface area contributed by atoms with Gasteiger partial charge in [0.25, 0.3) is 5.91 Å². The first-order valence-corrected chi connectivity index (χ1v) is 6.73. The van der Waals surface area contributed by atoms with Crippen LogP contribution in [-0.2, 0) is 0 Å². The Morgan fingerprint density at radius 3 is 3.06 bits per heavy atom. The van der Waals surface area contributed by atoms with Crippen molar-refractivity contribution in [3.63, 3.8) is 0 Å². The fourth-order valence-corrected chi connectivity index (χ4v) is 2.58. The van der Waals surface area contributed by atoms with Crippen LogP contribution in [-0.4, -0.2) is 60.0 Å². The van der Waals surface area contributed by atoms with E-state index >= 15 is 0 Å². The molecule has 18 heavy (non-hydrogen) atoms. The Bertz CT molecular complexity index is 440. The number of hydrogen-bond acceptors (Lipinski definition) is 4. The minimum atomic E-state index is -0.0500. The molecule has 2 rings (SSSR count). The van der Waals surface area contributed by atoms with Gasteiger partial charge in [-0.3, -0.25) is 4.79 Å². The summed E-state index contributed by atoms with van der Waals surface area (Å²) in [6.45, 7) is 2.85. The van der Waals surface area contributed by atoms with Gasteiger partial charge in [-0.05, 0) is 35.1 Å². The molecular weight excluding hydrogens is 296 g/mol. The van der Waals surface area contributed by atoms with Gasteiger partial charge in [-0.15, -0.1) is 0 Å². The fraction of sp³-hybridized carbons (Fsp3) is 0.500. The number of nitrogens with two attached hydrogens (primary N) is 1. The molecule has 0 saturated carbocycles. The maximum absolute atomic E-state index is 12.5. The molecule has 1 saturated heterocycles. The van der Waals surface area contributed by atoms with Crippen molar-refractivity contribution in [3.05, 3.63) is 28.5 Å². The van der Waals surface area contributed by atoms with Crippen LogP contribution < -0.4 is 5.73 Å². The third kappa shape index (κ3) is 2.71. The minimum Gasteiger partial charge on any atom is -0.330 e. The number of likely N-dealkylation sites (N-methyl/N-ethyl adjacent to an activating group) is 1. The Morgan fingerprint density at radius 1 is 1.61 bits per heavy atom. The van der Waals surface area contributed by atoms with E-state index in [1.165, 1.54) is 0 Å². The molecule has 2 N–H and O–H groups in total. The van der Waals surface area contributed by atoms with E-state index in [2.05, 4.69) is 25.8 Å². The van der Waals surface area contributed by atoms with E-state index in [-0.39, 0.29) is 11.9 Å². The average Bonchev–Trinajstić information content (AvgIpc) is 2.38. The van der Waals surface area contributed by atoms with Crippen LogP contribution in [0.3, 0.4) is 0 Å². The standard InChI is InChI=1S/C12H17BrN4O/c1-16-5-6-17(9(7-14)8-16)12(18)11-10(13)3-2-4-15-11/h2-4,9H,5-8,14H2,1H3. The Kier molecular flexibility index (Phi) is 4.31. The summed E-state index contributed by atoms with van der Waals surface area (Å²) in [6.07, 6.45) is 1.63. The number of hydrogen-bond donors (Lipinski definition) is 1. The van der Waals surface area contributed by atoms with E-state index in [0.717, 1.165) is 17.6 Å². The smallest absolute Gasteiger partial charge is 0.274 e. The second-order valence-electron chi connectivity index (χ2n) is 4.48. The largest absolute Gasteiger partial charge is 0.330 e. The van der Waals surface area contributed by atoms with E-state index in [0.29, 0.717) is 18.8 Å². The van der Waals surface area contributed by atoms with Gasteiger partial charge in [-0.1, -0.05) is 0 Å². The Hall–Kier alpha value is -0.980. The lowest BCUT2D eigenvalue weighted by atomic mass is 10.1. The van der Waals surface area contributed by atoms with Crippen LogP contribution in [0.15, 0.2) is 22.8 Å². The molecule has 0 bridgehead atoms.